The zero-order valence-corrected chi connectivity index (χ0v) is 18.6. The fraction of sp³-hybridized carbons (Fsp3) is 0.577. The normalized spacial score (nSPS) is 32.9. The number of ether oxygens (including phenoxy) is 1. The average molecular weight is 414 g/mol. The van der Waals surface area contributed by atoms with Crippen molar-refractivity contribution in [3.05, 3.63) is 65.5 Å². The van der Waals surface area contributed by atoms with Crippen LogP contribution in [0.15, 0.2) is 42.6 Å². The van der Waals surface area contributed by atoms with E-state index >= 15 is 0 Å². The summed E-state index contributed by atoms with van der Waals surface area (Å²) in [5.41, 5.74) is 1.30. The van der Waals surface area contributed by atoms with Gasteiger partial charge in [-0.2, -0.15) is 0 Å². The molecular formula is C26H33F2NO. The van der Waals surface area contributed by atoms with Crippen LogP contribution in [0.2, 0.25) is 0 Å². The predicted molar refractivity (Wildman–Crippen MR) is 115 cm³/mol. The third kappa shape index (κ3) is 3.68. The second-order valence-corrected chi connectivity index (χ2v) is 9.99. The molecule has 0 amide bonds. The third-order valence-electron chi connectivity index (χ3n) is 7.86. The van der Waals surface area contributed by atoms with E-state index in [9.17, 15) is 8.78 Å². The van der Waals surface area contributed by atoms with Crippen molar-refractivity contribution >= 4 is 0 Å². The maximum absolute atomic E-state index is 14.6. The predicted octanol–water partition coefficient (Wildman–Crippen LogP) is 6.58. The van der Waals surface area contributed by atoms with Crippen LogP contribution >= 0.6 is 0 Å². The number of benzene rings is 1. The first-order valence-corrected chi connectivity index (χ1v) is 11.2. The van der Waals surface area contributed by atoms with Crippen LogP contribution in [0.4, 0.5) is 8.78 Å². The quantitative estimate of drug-likeness (QED) is 0.534. The van der Waals surface area contributed by atoms with Crippen molar-refractivity contribution in [2.45, 2.75) is 58.5 Å². The number of nitrogens with zero attached hydrogens (tertiary/aromatic N) is 1. The Labute approximate surface area is 179 Å². The summed E-state index contributed by atoms with van der Waals surface area (Å²) in [7, 11) is 0. The number of rotatable bonds is 6. The van der Waals surface area contributed by atoms with E-state index in [0.29, 0.717) is 29.2 Å². The molecule has 0 spiro atoms. The van der Waals surface area contributed by atoms with Crippen molar-refractivity contribution in [3.8, 4) is 0 Å². The molecule has 1 saturated heterocycles. The lowest BCUT2D eigenvalue weighted by molar-refractivity contribution is -0.00868. The highest BCUT2D eigenvalue weighted by atomic mass is 19.2. The van der Waals surface area contributed by atoms with Crippen LogP contribution in [0.25, 0.3) is 0 Å². The van der Waals surface area contributed by atoms with Gasteiger partial charge in [0, 0.05) is 17.8 Å². The maximum Gasteiger partial charge on any atom is 0.162 e. The molecule has 0 bridgehead atoms. The van der Waals surface area contributed by atoms with Gasteiger partial charge in [-0.15, -0.1) is 0 Å². The van der Waals surface area contributed by atoms with Gasteiger partial charge in [0.1, 0.15) is 0 Å². The minimum Gasteiger partial charge on any atom is -0.375 e. The Kier molecular flexibility index (Phi) is 5.73. The highest BCUT2D eigenvalue weighted by Crippen LogP contribution is 2.66. The lowest BCUT2D eigenvalue weighted by Crippen LogP contribution is -2.29. The van der Waals surface area contributed by atoms with E-state index in [1.165, 1.54) is 6.07 Å². The van der Waals surface area contributed by atoms with Crippen LogP contribution in [-0.2, 0) is 4.74 Å². The van der Waals surface area contributed by atoms with Gasteiger partial charge in [0.25, 0.3) is 0 Å². The van der Waals surface area contributed by atoms with E-state index in [-0.39, 0.29) is 23.4 Å². The monoisotopic (exact) mass is 413 g/mol. The maximum atomic E-state index is 14.6. The van der Waals surface area contributed by atoms with Gasteiger partial charge in [-0.3, -0.25) is 4.98 Å². The number of hydrogen-bond donors (Lipinski definition) is 0. The van der Waals surface area contributed by atoms with Gasteiger partial charge in [0.05, 0.1) is 12.2 Å². The Morgan fingerprint density at radius 3 is 2.37 bits per heavy atom. The fourth-order valence-electron chi connectivity index (χ4n) is 5.98. The summed E-state index contributed by atoms with van der Waals surface area (Å²) in [6.07, 6.45) is 2.85. The molecule has 0 N–H and O–H groups in total. The Morgan fingerprint density at radius 2 is 1.73 bits per heavy atom. The fourth-order valence-corrected chi connectivity index (χ4v) is 5.98. The molecule has 4 rings (SSSR count). The topological polar surface area (TPSA) is 22.1 Å². The first-order valence-electron chi connectivity index (χ1n) is 11.2. The van der Waals surface area contributed by atoms with Crippen LogP contribution in [-0.4, -0.2) is 17.2 Å². The van der Waals surface area contributed by atoms with Crippen molar-refractivity contribution < 1.29 is 13.5 Å². The van der Waals surface area contributed by atoms with Gasteiger partial charge >= 0.3 is 0 Å². The Bertz CT molecular complexity index is 886. The zero-order valence-electron chi connectivity index (χ0n) is 18.6. The Balaban J connectivity index is 1.66. The van der Waals surface area contributed by atoms with Crippen LogP contribution in [0.5, 0.6) is 0 Å². The van der Waals surface area contributed by atoms with E-state index in [2.05, 4.69) is 38.7 Å². The molecule has 1 aliphatic heterocycles. The van der Waals surface area contributed by atoms with Gasteiger partial charge in [-0.25, -0.2) is 8.78 Å². The lowest BCUT2D eigenvalue weighted by Gasteiger charge is -2.26. The van der Waals surface area contributed by atoms with Crippen LogP contribution in [0.3, 0.4) is 0 Å². The number of aromatic nitrogens is 1. The van der Waals surface area contributed by atoms with Gasteiger partial charge in [-0.05, 0) is 72.6 Å². The van der Waals surface area contributed by atoms with E-state index < -0.39 is 11.6 Å². The van der Waals surface area contributed by atoms with E-state index in [4.69, 9.17) is 4.74 Å². The molecule has 4 heteroatoms. The van der Waals surface area contributed by atoms with Gasteiger partial charge in [0.2, 0.25) is 0 Å². The first-order chi connectivity index (χ1) is 14.2. The standard InChI is InChI=1S/C26H33F2NO/c1-15(2)18-13-26(5,30-14-18)24-22(16(3)19-9-8-10-20(27)25(19)28)23(24)17(4)21-11-6-7-12-29-21/h6-12,15-18,22-24H,13-14H2,1-5H3. The minimum atomic E-state index is -0.769. The molecule has 7 atom stereocenters. The highest BCUT2D eigenvalue weighted by molar-refractivity contribution is 5.29. The van der Waals surface area contributed by atoms with Gasteiger partial charge in [-0.1, -0.05) is 45.9 Å². The molecule has 0 radical (unpaired) electrons. The van der Waals surface area contributed by atoms with E-state index in [1.54, 1.807) is 12.1 Å². The molecule has 7 unspecified atom stereocenters. The van der Waals surface area contributed by atoms with Crippen molar-refractivity contribution in [2.75, 3.05) is 6.61 Å². The summed E-state index contributed by atoms with van der Waals surface area (Å²) in [5, 5.41) is 0. The van der Waals surface area contributed by atoms with E-state index in [1.807, 2.05) is 25.3 Å². The van der Waals surface area contributed by atoms with Gasteiger partial charge in [0.15, 0.2) is 11.6 Å². The molecule has 1 aromatic carbocycles. The van der Waals surface area contributed by atoms with Crippen LogP contribution in [0.1, 0.15) is 64.1 Å². The molecule has 1 saturated carbocycles. The van der Waals surface area contributed by atoms with Crippen molar-refractivity contribution in [1.82, 2.24) is 4.98 Å². The SMILES string of the molecule is CC(C)C1COC(C)(C2C(C(C)c3ccccn3)C2C(C)c2cccc(F)c2F)C1. The summed E-state index contributed by atoms with van der Waals surface area (Å²) in [6, 6.07) is 10.6. The molecule has 1 aliphatic carbocycles. The summed E-state index contributed by atoms with van der Waals surface area (Å²) in [5.74, 6) is 0.654. The smallest absolute Gasteiger partial charge is 0.162 e. The van der Waals surface area contributed by atoms with Crippen molar-refractivity contribution in [3.63, 3.8) is 0 Å². The van der Waals surface area contributed by atoms with E-state index in [0.717, 1.165) is 18.7 Å². The average Bonchev–Trinajstić information content (AvgIpc) is 3.37. The number of pyridine rings is 1. The summed E-state index contributed by atoms with van der Waals surface area (Å²) >= 11 is 0. The molecular weight excluding hydrogens is 380 g/mol. The van der Waals surface area contributed by atoms with Crippen LogP contribution < -0.4 is 0 Å². The van der Waals surface area contributed by atoms with Crippen molar-refractivity contribution in [1.29, 1.82) is 0 Å². The lowest BCUT2D eigenvalue weighted by atomic mass is 9.83. The minimum absolute atomic E-state index is 0.0830. The summed E-state index contributed by atoms with van der Waals surface area (Å²) < 4.78 is 35.0. The molecule has 1 aromatic heterocycles. The first kappa shape index (κ1) is 21.4. The third-order valence-corrected chi connectivity index (χ3v) is 7.86. The van der Waals surface area contributed by atoms with Crippen LogP contribution in [0, 0.1) is 41.2 Å². The molecule has 162 valence electrons. The molecule has 2 nitrogen and oxygen atoms in total. The second kappa shape index (κ2) is 8.03. The van der Waals surface area contributed by atoms with Crippen molar-refractivity contribution in [2.24, 2.45) is 29.6 Å². The molecule has 2 fully saturated rings. The molecule has 2 aromatic rings. The zero-order chi connectivity index (χ0) is 21.6. The molecule has 2 aliphatic rings. The second-order valence-electron chi connectivity index (χ2n) is 9.99. The largest absolute Gasteiger partial charge is 0.375 e. The Hall–Kier alpha value is -1.81. The molecule has 30 heavy (non-hydrogen) atoms. The summed E-state index contributed by atoms with van der Waals surface area (Å²) in [4.78, 5) is 4.59. The number of hydrogen-bond acceptors (Lipinski definition) is 2. The highest BCUT2D eigenvalue weighted by Gasteiger charge is 2.65. The van der Waals surface area contributed by atoms with Gasteiger partial charge < -0.3 is 4.74 Å². The number of halogens is 2. The summed E-state index contributed by atoms with van der Waals surface area (Å²) in [6.45, 7) is 11.8. The molecule has 2 heterocycles. The Morgan fingerprint density at radius 1 is 1.00 bits per heavy atom.